The van der Waals surface area contributed by atoms with Gasteiger partial charge in [-0.25, -0.2) is 0 Å². The molecule has 18 heavy (non-hydrogen) atoms. The Morgan fingerprint density at radius 3 is 1.94 bits per heavy atom. The number of hydrogen-bond donors (Lipinski definition) is 1. The summed E-state index contributed by atoms with van der Waals surface area (Å²) in [5.74, 6) is 0. The third-order valence-corrected chi connectivity index (χ3v) is 5.36. The summed E-state index contributed by atoms with van der Waals surface area (Å²) < 4.78 is 0. The van der Waals surface area contributed by atoms with E-state index in [0.29, 0.717) is 12.0 Å². The van der Waals surface area contributed by atoms with E-state index in [1.165, 1.54) is 70.9 Å². The molecule has 0 aromatic carbocycles. The molecule has 106 valence electrons. The van der Waals surface area contributed by atoms with Crippen LogP contribution in [0.3, 0.4) is 0 Å². The fourth-order valence-electron chi connectivity index (χ4n) is 4.38. The Balaban J connectivity index is 1.96. The molecule has 1 saturated carbocycles. The molecule has 2 rings (SSSR count). The highest BCUT2D eigenvalue weighted by Crippen LogP contribution is 2.46. The predicted octanol–water partition coefficient (Wildman–Crippen LogP) is 3.58. The second kappa shape index (κ2) is 5.92. The van der Waals surface area contributed by atoms with Gasteiger partial charge in [-0.1, -0.05) is 46.0 Å². The Hall–Kier alpha value is -0.0800. The summed E-state index contributed by atoms with van der Waals surface area (Å²) >= 11 is 0. The van der Waals surface area contributed by atoms with Gasteiger partial charge < -0.3 is 5.11 Å². The molecule has 1 N–H and O–H groups in total. The second-order valence-corrected chi connectivity index (χ2v) is 6.80. The van der Waals surface area contributed by atoms with Gasteiger partial charge in [0.25, 0.3) is 0 Å². The number of likely N-dealkylation sites (tertiary alicyclic amines) is 1. The number of aliphatic hydroxyl groups excluding tert-OH is 1. The molecular weight excluding hydrogens is 222 g/mol. The van der Waals surface area contributed by atoms with E-state index >= 15 is 0 Å². The zero-order valence-corrected chi connectivity index (χ0v) is 12.4. The minimum atomic E-state index is 0.156. The van der Waals surface area contributed by atoms with Crippen molar-refractivity contribution in [2.75, 3.05) is 19.7 Å². The van der Waals surface area contributed by atoms with Gasteiger partial charge in [-0.05, 0) is 31.1 Å². The van der Waals surface area contributed by atoms with Crippen molar-refractivity contribution in [1.29, 1.82) is 0 Å². The van der Waals surface area contributed by atoms with Crippen molar-refractivity contribution in [2.45, 2.75) is 77.2 Å². The van der Waals surface area contributed by atoms with E-state index in [-0.39, 0.29) is 5.54 Å². The van der Waals surface area contributed by atoms with Gasteiger partial charge in [0.2, 0.25) is 0 Å². The number of nitrogens with zero attached hydrogens (tertiary/aromatic N) is 1. The minimum absolute atomic E-state index is 0.156. The number of rotatable bonds is 6. The maximum Gasteiger partial charge on any atom is 0.0615 e. The van der Waals surface area contributed by atoms with Crippen LogP contribution in [0.5, 0.6) is 0 Å². The van der Waals surface area contributed by atoms with Gasteiger partial charge in [0.05, 0.1) is 6.61 Å². The summed E-state index contributed by atoms with van der Waals surface area (Å²) in [6, 6.07) is 0. The largest absolute Gasteiger partial charge is 0.394 e. The highest BCUT2D eigenvalue weighted by Gasteiger charge is 2.50. The zero-order valence-electron chi connectivity index (χ0n) is 12.4. The Labute approximate surface area is 113 Å². The van der Waals surface area contributed by atoms with Gasteiger partial charge in [-0.2, -0.15) is 0 Å². The summed E-state index contributed by atoms with van der Waals surface area (Å²) in [6.45, 7) is 7.48. The van der Waals surface area contributed by atoms with E-state index in [1.807, 2.05) is 0 Å². The normalized spacial score (nSPS) is 26.8. The number of hydrogen-bond acceptors (Lipinski definition) is 2. The summed E-state index contributed by atoms with van der Waals surface area (Å²) in [5.41, 5.74) is 0.742. The summed E-state index contributed by atoms with van der Waals surface area (Å²) in [4.78, 5) is 2.62. The van der Waals surface area contributed by atoms with Crippen LogP contribution in [0.2, 0.25) is 0 Å². The molecule has 1 aliphatic heterocycles. The Kier molecular flexibility index (Phi) is 4.71. The lowest BCUT2D eigenvalue weighted by Gasteiger charge is -2.59. The van der Waals surface area contributed by atoms with Crippen LogP contribution in [0.1, 0.15) is 71.6 Å². The molecule has 0 aromatic rings. The van der Waals surface area contributed by atoms with E-state index in [1.54, 1.807) is 0 Å². The number of aliphatic hydroxyl groups is 1. The maximum atomic E-state index is 9.87. The molecule has 1 saturated heterocycles. The first-order chi connectivity index (χ1) is 8.70. The van der Waals surface area contributed by atoms with Crippen molar-refractivity contribution in [3.05, 3.63) is 0 Å². The van der Waals surface area contributed by atoms with Gasteiger partial charge in [0.1, 0.15) is 0 Å². The smallest absolute Gasteiger partial charge is 0.0615 e. The van der Waals surface area contributed by atoms with E-state index < -0.39 is 0 Å². The molecule has 2 aliphatic rings. The Morgan fingerprint density at radius 2 is 1.50 bits per heavy atom. The van der Waals surface area contributed by atoms with Crippen LogP contribution in [0.4, 0.5) is 0 Å². The monoisotopic (exact) mass is 253 g/mol. The van der Waals surface area contributed by atoms with Crippen LogP contribution >= 0.6 is 0 Å². The highest BCUT2D eigenvalue weighted by atomic mass is 16.3. The van der Waals surface area contributed by atoms with Crippen molar-refractivity contribution in [3.63, 3.8) is 0 Å². The molecule has 2 heteroatoms. The molecule has 0 amide bonds. The summed E-state index contributed by atoms with van der Waals surface area (Å²) in [6.07, 6.45) is 11.8. The first-order valence-electron chi connectivity index (χ1n) is 8.06. The predicted molar refractivity (Wildman–Crippen MR) is 76.7 cm³/mol. The molecular formula is C16H31NO. The molecule has 1 aliphatic carbocycles. The lowest BCUT2D eigenvalue weighted by molar-refractivity contribution is -0.118. The SMILES string of the molecule is CCCC1(CCC)CN(C2(CO)CCCCC2)C1. The Morgan fingerprint density at radius 1 is 0.944 bits per heavy atom. The average molecular weight is 253 g/mol. The van der Waals surface area contributed by atoms with Gasteiger partial charge >= 0.3 is 0 Å². The zero-order chi connectivity index (χ0) is 13.1. The molecule has 2 nitrogen and oxygen atoms in total. The van der Waals surface area contributed by atoms with Crippen molar-refractivity contribution in [3.8, 4) is 0 Å². The third-order valence-electron chi connectivity index (χ3n) is 5.36. The third kappa shape index (κ3) is 2.60. The standard InChI is InChI=1S/C16H31NO/c1-3-8-15(9-4-2)12-17(13-15)16(14-18)10-6-5-7-11-16/h18H,3-14H2,1-2H3. The van der Waals surface area contributed by atoms with Crippen LogP contribution < -0.4 is 0 Å². The average Bonchev–Trinajstić information content (AvgIpc) is 2.36. The lowest BCUT2D eigenvalue weighted by Crippen LogP contribution is -2.67. The van der Waals surface area contributed by atoms with Crippen LogP contribution in [0.15, 0.2) is 0 Å². The van der Waals surface area contributed by atoms with Crippen LogP contribution in [-0.2, 0) is 0 Å². The second-order valence-electron chi connectivity index (χ2n) is 6.80. The van der Waals surface area contributed by atoms with Gasteiger partial charge in [0.15, 0.2) is 0 Å². The van der Waals surface area contributed by atoms with Gasteiger partial charge in [0, 0.05) is 18.6 Å². The minimum Gasteiger partial charge on any atom is -0.394 e. The molecule has 0 bridgehead atoms. The topological polar surface area (TPSA) is 23.5 Å². The summed E-state index contributed by atoms with van der Waals surface area (Å²) in [7, 11) is 0. The van der Waals surface area contributed by atoms with Crippen LogP contribution in [0, 0.1) is 5.41 Å². The maximum absolute atomic E-state index is 9.87. The van der Waals surface area contributed by atoms with Crippen LogP contribution in [0.25, 0.3) is 0 Å². The molecule has 0 aromatic heterocycles. The van der Waals surface area contributed by atoms with E-state index in [9.17, 15) is 5.11 Å². The van der Waals surface area contributed by atoms with Crippen LogP contribution in [-0.4, -0.2) is 35.2 Å². The molecule has 1 heterocycles. The molecule has 0 unspecified atom stereocenters. The van der Waals surface area contributed by atoms with Crippen molar-refractivity contribution >= 4 is 0 Å². The highest BCUT2D eigenvalue weighted by molar-refractivity contribution is 5.04. The van der Waals surface area contributed by atoms with E-state index in [4.69, 9.17) is 0 Å². The van der Waals surface area contributed by atoms with E-state index in [0.717, 1.165) is 0 Å². The first-order valence-corrected chi connectivity index (χ1v) is 8.06. The molecule has 0 atom stereocenters. The van der Waals surface area contributed by atoms with Crippen molar-refractivity contribution < 1.29 is 5.11 Å². The first kappa shape index (κ1) is 14.3. The molecule has 0 radical (unpaired) electrons. The summed E-state index contributed by atoms with van der Waals surface area (Å²) in [5, 5.41) is 9.87. The van der Waals surface area contributed by atoms with Crippen molar-refractivity contribution in [1.82, 2.24) is 4.90 Å². The quantitative estimate of drug-likeness (QED) is 0.782. The fraction of sp³-hybridized carbons (Fsp3) is 1.00. The molecule has 2 fully saturated rings. The van der Waals surface area contributed by atoms with Crippen molar-refractivity contribution in [2.24, 2.45) is 5.41 Å². The van der Waals surface area contributed by atoms with Gasteiger partial charge in [-0.3, -0.25) is 4.90 Å². The van der Waals surface area contributed by atoms with Gasteiger partial charge in [-0.15, -0.1) is 0 Å². The Bertz CT molecular complexity index is 244. The van der Waals surface area contributed by atoms with E-state index in [2.05, 4.69) is 18.7 Å². The molecule has 0 spiro atoms. The fourth-order valence-corrected chi connectivity index (χ4v) is 4.38. The lowest BCUT2D eigenvalue weighted by atomic mass is 9.68.